The number of hydrogen-bond acceptors (Lipinski definition) is 1. The van der Waals surface area contributed by atoms with E-state index in [4.69, 9.17) is 0 Å². The van der Waals surface area contributed by atoms with Crippen LogP contribution in [0.5, 0.6) is 0 Å². The van der Waals surface area contributed by atoms with Crippen molar-refractivity contribution in [2.75, 3.05) is 0 Å². The number of H-pyrrole nitrogens is 1. The van der Waals surface area contributed by atoms with Crippen molar-refractivity contribution in [3.8, 4) is 0 Å². The maximum Gasteiger partial charge on any atom is 0.264 e. The second-order valence-electron chi connectivity index (χ2n) is 3.67. The van der Waals surface area contributed by atoms with Crippen molar-refractivity contribution in [1.82, 2.24) is 10.3 Å². The second kappa shape index (κ2) is 4.00. The van der Waals surface area contributed by atoms with Gasteiger partial charge in [-0.3, -0.25) is 4.79 Å². The fourth-order valence-electron chi connectivity index (χ4n) is 1.10. The van der Waals surface area contributed by atoms with E-state index >= 15 is 0 Å². The van der Waals surface area contributed by atoms with E-state index in [1.54, 1.807) is 19.2 Å². The van der Waals surface area contributed by atoms with Gasteiger partial charge in [0.05, 0.1) is 11.6 Å². The van der Waals surface area contributed by atoms with Crippen molar-refractivity contribution in [3.63, 3.8) is 0 Å². The molecule has 1 aromatic heterocycles. The average Bonchev–Trinajstić information content (AvgIpc) is 2.49. The number of aromatic nitrogens is 1. The van der Waals surface area contributed by atoms with Gasteiger partial charge in [0.2, 0.25) is 0 Å². The maximum absolute atomic E-state index is 12.8. The molecule has 0 aliphatic carbocycles. The van der Waals surface area contributed by atoms with Gasteiger partial charge in [-0.1, -0.05) is 0 Å². The lowest BCUT2D eigenvalue weighted by Crippen LogP contribution is -2.43. The molecule has 1 atom stereocenters. The first-order valence-electron chi connectivity index (χ1n) is 4.65. The van der Waals surface area contributed by atoms with Crippen LogP contribution in [0, 0.1) is 6.92 Å². The highest BCUT2D eigenvalue weighted by molar-refractivity contribution is 5.95. The Morgan fingerprint density at radius 3 is 2.60 bits per heavy atom. The van der Waals surface area contributed by atoms with Crippen LogP contribution in [0.1, 0.15) is 29.9 Å². The van der Waals surface area contributed by atoms with Crippen LogP contribution in [0.15, 0.2) is 12.3 Å². The number of amides is 1. The Bertz CT molecular complexity index is 355. The summed E-state index contributed by atoms with van der Waals surface area (Å²) >= 11 is 0. The molecule has 2 N–H and O–H groups in total. The van der Waals surface area contributed by atoms with Crippen LogP contribution in [-0.2, 0) is 0 Å². The van der Waals surface area contributed by atoms with Crippen LogP contribution in [0.25, 0.3) is 0 Å². The van der Waals surface area contributed by atoms with Crippen molar-refractivity contribution in [2.45, 2.75) is 32.7 Å². The van der Waals surface area contributed by atoms with Crippen molar-refractivity contribution in [2.24, 2.45) is 0 Å². The van der Waals surface area contributed by atoms with Gasteiger partial charge in [-0.15, -0.1) is 0 Å². The summed E-state index contributed by atoms with van der Waals surface area (Å²) in [5, 5.41) is 2.25. The summed E-state index contributed by atoms with van der Waals surface area (Å²) in [7, 11) is 0. The molecular weight excluding hydrogens is 202 g/mol. The van der Waals surface area contributed by atoms with Crippen LogP contribution < -0.4 is 5.32 Å². The molecule has 15 heavy (non-hydrogen) atoms. The number of alkyl halides is 2. The third kappa shape index (κ3) is 2.78. The van der Waals surface area contributed by atoms with Crippen molar-refractivity contribution in [3.05, 3.63) is 23.5 Å². The summed E-state index contributed by atoms with van der Waals surface area (Å²) in [5.41, 5.74) is 1.06. The molecule has 1 unspecified atom stereocenters. The fourth-order valence-corrected chi connectivity index (χ4v) is 1.10. The van der Waals surface area contributed by atoms with Crippen LogP contribution in [0.3, 0.4) is 0 Å². The summed E-state index contributed by atoms with van der Waals surface area (Å²) in [6.07, 6.45) is 1.60. The number of halogens is 2. The normalized spacial score (nSPS) is 13.7. The summed E-state index contributed by atoms with van der Waals surface area (Å²) in [6.45, 7) is 3.77. The Labute approximate surface area is 86.9 Å². The Balaban J connectivity index is 2.69. The molecule has 5 heteroatoms. The number of rotatable bonds is 3. The standard InChI is InChI=1S/C10H14F2N2O/c1-6-8(4-5-13-6)9(15)14-7(2)10(3,11)12/h4-5,7,13H,1-3H3,(H,14,15). The van der Waals surface area contributed by atoms with Crippen molar-refractivity contribution >= 4 is 5.91 Å². The number of aromatic amines is 1. The molecule has 1 amide bonds. The Hall–Kier alpha value is -1.39. The molecule has 1 rings (SSSR count). The SMILES string of the molecule is Cc1[nH]ccc1C(=O)NC(C)C(C)(F)F. The van der Waals surface area contributed by atoms with E-state index < -0.39 is 17.9 Å². The minimum atomic E-state index is -2.92. The number of hydrogen-bond donors (Lipinski definition) is 2. The van der Waals surface area contributed by atoms with E-state index in [9.17, 15) is 13.6 Å². The zero-order valence-corrected chi connectivity index (χ0v) is 8.90. The second-order valence-corrected chi connectivity index (χ2v) is 3.67. The fraction of sp³-hybridized carbons (Fsp3) is 0.500. The van der Waals surface area contributed by atoms with Gasteiger partial charge in [0.15, 0.2) is 0 Å². The van der Waals surface area contributed by atoms with E-state index in [2.05, 4.69) is 10.3 Å². The highest BCUT2D eigenvalue weighted by atomic mass is 19.3. The molecule has 0 aliphatic heterocycles. The first-order valence-corrected chi connectivity index (χ1v) is 4.65. The van der Waals surface area contributed by atoms with Gasteiger partial charge in [0, 0.05) is 18.8 Å². The van der Waals surface area contributed by atoms with Gasteiger partial charge in [-0.05, 0) is 19.9 Å². The van der Waals surface area contributed by atoms with Gasteiger partial charge in [-0.25, -0.2) is 8.78 Å². The molecular formula is C10H14F2N2O. The molecule has 0 fully saturated rings. The van der Waals surface area contributed by atoms with Gasteiger partial charge in [0.1, 0.15) is 0 Å². The number of aryl methyl sites for hydroxylation is 1. The number of carbonyl (C=O) groups excluding carboxylic acids is 1. The molecule has 0 spiro atoms. The molecule has 1 aromatic rings. The molecule has 3 nitrogen and oxygen atoms in total. The Morgan fingerprint density at radius 1 is 1.60 bits per heavy atom. The third-order valence-electron chi connectivity index (χ3n) is 2.31. The summed E-state index contributed by atoms with van der Waals surface area (Å²) in [5.74, 6) is -3.40. The molecule has 1 heterocycles. The minimum Gasteiger partial charge on any atom is -0.365 e. The minimum absolute atomic E-state index is 0.395. The lowest BCUT2D eigenvalue weighted by Gasteiger charge is -2.20. The smallest absolute Gasteiger partial charge is 0.264 e. The van der Waals surface area contributed by atoms with E-state index in [0.717, 1.165) is 6.92 Å². The highest BCUT2D eigenvalue weighted by Gasteiger charge is 2.31. The maximum atomic E-state index is 12.8. The molecule has 0 bridgehead atoms. The summed E-state index contributed by atoms with van der Waals surface area (Å²) < 4.78 is 25.6. The molecule has 0 saturated carbocycles. The van der Waals surface area contributed by atoms with Gasteiger partial charge < -0.3 is 10.3 Å². The zero-order chi connectivity index (χ0) is 11.6. The molecule has 0 aliphatic rings. The Morgan fingerprint density at radius 2 is 2.20 bits per heavy atom. The van der Waals surface area contributed by atoms with Crippen LogP contribution in [-0.4, -0.2) is 22.9 Å². The topological polar surface area (TPSA) is 44.9 Å². The van der Waals surface area contributed by atoms with Gasteiger partial charge >= 0.3 is 0 Å². The molecule has 0 aromatic carbocycles. The Kier molecular flexibility index (Phi) is 3.12. The predicted molar refractivity (Wildman–Crippen MR) is 53.1 cm³/mol. The lowest BCUT2D eigenvalue weighted by atomic mass is 10.1. The summed E-state index contributed by atoms with van der Waals surface area (Å²) in [4.78, 5) is 14.3. The average molecular weight is 216 g/mol. The van der Waals surface area contributed by atoms with Crippen molar-refractivity contribution < 1.29 is 13.6 Å². The number of nitrogens with one attached hydrogen (secondary N) is 2. The largest absolute Gasteiger partial charge is 0.365 e. The first-order chi connectivity index (χ1) is 6.82. The third-order valence-corrected chi connectivity index (χ3v) is 2.31. The van der Waals surface area contributed by atoms with E-state index in [0.29, 0.717) is 11.3 Å². The van der Waals surface area contributed by atoms with E-state index in [-0.39, 0.29) is 0 Å². The van der Waals surface area contributed by atoms with Crippen LogP contribution in [0.2, 0.25) is 0 Å². The molecule has 0 radical (unpaired) electrons. The highest BCUT2D eigenvalue weighted by Crippen LogP contribution is 2.17. The van der Waals surface area contributed by atoms with Crippen molar-refractivity contribution in [1.29, 1.82) is 0 Å². The zero-order valence-electron chi connectivity index (χ0n) is 8.90. The van der Waals surface area contributed by atoms with Crippen LogP contribution >= 0.6 is 0 Å². The van der Waals surface area contributed by atoms with E-state index in [1.807, 2.05) is 0 Å². The van der Waals surface area contributed by atoms with Crippen LogP contribution in [0.4, 0.5) is 8.78 Å². The lowest BCUT2D eigenvalue weighted by molar-refractivity contribution is -0.0108. The summed E-state index contributed by atoms with van der Waals surface area (Å²) in [6, 6.07) is 0.380. The van der Waals surface area contributed by atoms with Gasteiger partial charge in [0.25, 0.3) is 11.8 Å². The van der Waals surface area contributed by atoms with Gasteiger partial charge in [-0.2, -0.15) is 0 Å². The predicted octanol–water partition coefficient (Wildman–Crippen LogP) is 2.10. The monoisotopic (exact) mass is 216 g/mol. The molecule has 0 saturated heterocycles. The first kappa shape index (κ1) is 11.7. The molecule has 84 valence electrons. The number of carbonyl (C=O) groups is 1. The van der Waals surface area contributed by atoms with E-state index in [1.165, 1.54) is 6.92 Å². The quantitative estimate of drug-likeness (QED) is 0.798.